The standard InChI is InChI=1S/C24H16.C17H28N.Ga/c1-3-7-19(8-4-1)21-11-15-23(16-12-21)24-17-13-22(14-18-24)20-9-5-2-6-10-20;1-16(2,3)14-9-13(12-18(7)8)10-15(11-14)17(4,5)6;/h1-15,17H;9,11H,12H2,1-8H3;. The van der Waals surface area contributed by atoms with E-state index in [9.17, 15) is 0 Å². The van der Waals surface area contributed by atoms with Gasteiger partial charge in [-0.15, -0.1) is 0 Å². The first-order chi connectivity index (χ1) is 20.4. The van der Waals surface area contributed by atoms with Crippen LogP contribution in [-0.4, -0.2) is 35.2 Å². The van der Waals surface area contributed by atoms with Gasteiger partial charge in [-0.05, 0) is 0 Å². The zero-order chi connectivity index (χ0) is 30.5. The Bertz CT molecular complexity index is 1680. The Labute approximate surface area is 264 Å². The number of hydrogen-bond donors (Lipinski definition) is 0. The predicted octanol–water partition coefficient (Wildman–Crippen LogP) is 8.17. The summed E-state index contributed by atoms with van der Waals surface area (Å²) >= 11 is -2.59. The molecule has 0 N–H and O–H groups in total. The Kier molecular flexibility index (Phi) is 7.83. The van der Waals surface area contributed by atoms with Gasteiger partial charge >= 0.3 is 266 Å². The molecule has 0 aliphatic carbocycles. The van der Waals surface area contributed by atoms with E-state index in [1.54, 1.807) is 12.4 Å². The Morgan fingerprint density at radius 2 is 1.02 bits per heavy atom. The third kappa shape index (κ3) is 5.81. The minimum absolute atomic E-state index is 0.0277. The molecule has 0 radical (unpaired) electrons. The molecule has 0 amide bonds. The molecule has 0 spiro atoms. The van der Waals surface area contributed by atoms with Gasteiger partial charge in [0.15, 0.2) is 0 Å². The van der Waals surface area contributed by atoms with Gasteiger partial charge in [0, 0.05) is 0 Å². The number of nitrogens with zero attached hydrogens (tertiary/aromatic N) is 1. The van der Waals surface area contributed by atoms with Gasteiger partial charge in [-0.3, -0.25) is 0 Å². The summed E-state index contributed by atoms with van der Waals surface area (Å²) in [6, 6.07) is 41.5. The minimum atomic E-state index is -2.59. The molecule has 5 aromatic carbocycles. The van der Waals surface area contributed by atoms with E-state index in [-0.39, 0.29) is 10.8 Å². The molecule has 0 fully saturated rings. The average Bonchev–Trinajstić information content (AvgIpc) is 3.29. The van der Waals surface area contributed by atoms with E-state index in [0.29, 0.717) is 0 Å². The molecule has 0 unspecified atom stereocenters. The van der Waals surface area contributed by atoms with Gasteiger partial charge in [-0.25, -0.2) is 0 Å². The van der Waals surface area contributed by atoms with Gasteiger partial charge in [0.25, 0.3) is 0 Å². The number of benzene rings is 5. The zero-order valence-corrected chi connectivity index (χ0v) is 29.5. The second kappa shape index (κ2) is 11.3. The molecule has 43 heavy (non-hydrogen) atoms. The van der Waals surface area contributed by atoms with Crippen LogP contribution in [0.15, 0.2) is 109 Å². The van der Waals surface area contributed by atoms with Crippen LogP contribution in [0.2, 0.25) is 0 Å². The van der Waals surface area contributed by atoms with E-state index >= 15 is 0 Å². The van der Waals surface area contributed by atoms with E-state index in [1.165, 1.54) is 50.1 Å². The first-order valence-corrected chi connectivity index (χ1v) is 19.3. The third-order valence-electron chi connectivity index (χ3n) is 8.94. The topological polar surface area (TPSA) is 3.24 Å². The van der Waals surface area contributed by atoms with E-state index in [0.717, 1.165) is 6.54 Å². The van der Waals surface area contributed by atoms with Crippen LogP contribution in [0.5, 0.6) is 0 Å². The number of rotatable bonds is 5. The number of fused-ring (bicyclic) bond motifs is 3. The molecule has 0 aromatic heterocycles. The van der Waals surface area contributed by atoms with Crippen molar-refractivity contribution in [1.29, 1.82) is 0 Å². The molecule has 0 bridgehead atoms. The van der Waals surface area contributed by atoms with E-state index in [2.05, 4.69) is 170 Å². The summed E-state index contributed by atoms with van der Waals surface area (Å²) in [4.78, 5) is 2.36. The average molecular weight is 621 g/mol. The van der Waals surface area contributed by atoms with Crippen molar-refractivity contribution in [2.24, 2.45) is 0 Å². The van der Waals surface area contributed by atoms with Crippen LogP contribution in [0.25, 0.3) is 33.4 Å². The predicted molar refractivity (Wildman–Crippen MR) is 189 cm³/mol. The molecule has 0 saturated heterocycles. The molecule has 0 saturated carbocycles. The van der Waals surface area contributed by atoms with Crippen LogP contribution >= 0.6 is 0 Å². The molecule has 1 aliphatic heterocycles. The van der Waals surface area contributed by atoms with Gasteiger partial charge in [0.2, 0.25) is 0 Å². The van der Waals surface area contributed by atoms with Crippen molar-refractivity contribution in [2.45, 2.75) is 58.9 Å². The van der Waals surface area contributed by atoms with Crippen LogP contribution < -0.4 is 12.4 Å². The summed E-state index contributed by atoms with van der Waals surface area (Å²) in [6.07, 6.45) is 0. The van der Waals surface area contributed by atoms with E-state index in [1.807, 2.05) is 0 Å². The Morgan fingerprint density at radius 1 is 0.535 bits per heavy atom. The third-order valence-corrected chi connectivity index (χ3v) is 16.2. The molecule has 216 valence electrons. The van der Waals surface area contributed by atoms with E-state index < -0.39 is 16.2 Å². The molecule has 1 nitrogen and oxygen atoms in total. The summed E-state index contributed by atoms with van der Waals surface area (Å²) in [7, 11) is 4.43. The molecule has 0 atom stereocenters. The number of hydrogen-bond acceptors (Lipinski definition) is 1. The summed E-state index contributed by atoms with van der Waals surface area (Å²) in [6.45, 7) is 15.3. The van der Waals surface area contributed by atoms with Gasteiger partial charge in [-0.2, -0.15) is 0 Å². The Morgan fingerprint density at radius 3 is 1.44 bits per heavy atom. The molecule has 6 rings (SSSR count). The quantitative estimate of drug-likeness (QED) is 0.176. The summed E-state index contributed by atoms with van der Waals surface area (Å²) in [5.74, 6) is 0. The normalized spacial score (nSPS) is 12.9. The van der Waals surface area contributed by atoms with Gasteiger partial charge < -0.3 is 0 Å². The summed E-state index contributed by atoms with van der Waals surface area (Å²) < 4.78 is 4.86. The van der Waals surface area contributed by atoms with Crippen LogP contribution in [0, 0.1) is 0 Å². The molecule has 2 heteroatoms. The summed E-state index contributed by atoms with van der Waals surface area (Å²) in [5.41, 5.74) is 12.7. The van der Waals surface area contributed by atoms with Crippen molar-refractivity contribution in [3.05, 3.63) is 126 Å². The monoisotopic (exact) mass is 619 g/mol. The zero-order valence-electron chi connectivity index (χ0n) is 27.1. The van der Waals surface area contributed by atoms with Gasteiger partial charge in [0.05, 0.1) is 0 Å². The first kappa shape index (κ1) is 29.8. The Balaban J connectivity index is 1.68. The SMILES string of the molecule is CN(C)Cc1cc(C(C)(C)C)cc(C(C)(C)C)[c]1[Ga]1[c]2cc(-c3ccccc3)ccc2-c2ccc(-c3ccccc3)c[c]21. The molecule has 1 heterocycles. The fourth-order valence-electron chi connectivity index (χ4n) is 6.77. The van der Waals surface area contributed by atoms with Crippen molar-refractivity contribution < 1.29 is 0 Å². The van der Waals surface area contributed by atoms with Gasteiger partial charge in [-0.1, -0.05) is 0 Å². The maximum absolute atomic E-state index is 2.59. The molecular weight excluding hydrogens is 576 g/mol. The van der Waals surface area contributed by atoms with Crippen molar-refractivity contribution in [1.82, 2.24) is 4.90 Å². The Hall–Kier alpha value is -3.30. The van der Waals surface area contributed by atoms with Crippen molar-refractivity contribution in [2.75, 3.05) is 14.1 Å². The van der Waals surface area contributed by atoms with Crippen molar-refractivity contribution in [3.8, 4) is 33.4 Å². The molecule has 5 aromatic rings. The maximum atomic E-state index is 2.57. The first-order valence-electron chi connectivity index (χ1n) is 15.6. The van der Waals surface area contributed by atoms with Crippen LogP contribution in [0.4, 0.5) is 0 Å². The van der Waals surface area contributed by atoms with Crippen LogP contribution in [0.3, 0.4) is 0 Å². The van der Waals surface area contributed by atoms with Crippen molar-refractivity contribution in [3.63, 3.8) is 0 Å². The summed E-state index contributed by atoms with van der Waals surface area (Å²) in [5, 5.41) is 0. The molecular formula is C41H44GaN. The van der Waals surface area contributed by atoms with Gasteiger partial charge in [0.1, 0.15) is 0 Å². The van der Waals surface area contributed by atoms with Crippen LogP contribution in [0.1, 0.15) is 58.2 Å². The second-order valence-corrected chi connectivity index (χ2v) is 20.2. The fraction of sp³-hybridized carbons (Fsp3) is 0.268. The molecule has 1 aliphatic rings. The van der Waals surface area contributed by atoms with Crippen molar-refractivity contribution >= 4 is 28.6 Å². The van der Waals surface area contributed by atoms with E-state index in [4.69, 9.17) is 0 Å². The second-order valence-electron chi connectivity index (χ2n) is 14.6. The fourth-order valence-corrected chi connectivity index (χ4v) is 15.5. The van der Waals surface area contributed by atoms with Crippen LogP contribution in [-0.2, 0) is 17.4 Å².